The highest BCUT2D eigenvalue weighted by atomic mass is 79.9. The van der Waals surface area contributed by atoms with E-state index in [1.54, 1.807) is 11.0 Å². The molecule has 0 saturated carbocycles. The zero-order valence-corrected chi connectivity index (χ0v) is 18.0. The minimum Gasteiger partial charge on any atom is -0.340 e. The molecule has 0 bridgehead atoms. The number of H-pyrrole nitrogens is 1. The summed E-state index contributed by atoms with van der Waals surface area (Å²) < 4.78 is 28.4. The van der Waals surface area contributed by atoms with Crippen molar-refractivity contribution in [3.8, 4) is 5.69 Å². The molecule has 2 aromatic carbocycles. The second kappa shape index (κ2) is 7.23. The van der Waals surface area contributed by atoms with Gasteiger partial charge in [0.15, 0.2) is 0 Å². The molecule has 2 aromatic heterocycles. The standard InChI is InChI=1S/C21H17BrF2N6O/c1-21(20-27-16-10-14(22)15(24)11-17(16)28-20)5-2-8-29(21)19(31)13-9-12(23)3-4-18(13)30-25-6-7-26-30/h3-4,6-7,9-11H,2,5,8H2,1H3,(H,27,28)/t21-/m0/s1. The Morgan fingerprint density at radius 3 is 2.74 bits per heavy atom. The molecule has 7 nitrogen and oxygen atoms in total. The first-order chi connectivity index (χ1) is 14.9. The van der Waals surface area contributed by atoms with Crippen LogP contribution in [0.1, 0.15) is 35.9 Å². The van der Waals surface area contributed by atoms with Crippen LogP contribution in [0.4, 0.5) is 8.78 Å². The highest BCUT2D eigenvalue weighted by molar-refractivity contribution is 9.10. The number of nitrogens with one attached hydrogen (secondary N) is 1. The Morgan fingerprint density at radius 2 is 1.97 bits per heavy atom. The number of nitrogens with zero attached hydrogens (tertiary/aromatic N) is 5. The first kappa shape index (κ1) is 19.8. The molecule has 4 aromatic rings. The van der Waals surface area contributed by atoms with Crippen LogP contribution in [0.25, 0.3) is 16.7 Å². The number of likely N-dealkylation sites (tertiary alicyclic amines) is 1. The van der Waals surface area contributed by atoms with Crippen LogP contribution < -0.4 is 0 Å². The van der Waals surface area contributed by atoms with Gasteiger partial charge in [0, 0.05) is 12.6 Å². The van der Waals surface area contributed by atoms with Crippen LogP contribution in [-0.2, 0) is 5.54 Å². The van der Waals surface area contributed by atoms with Gasteiger partial charge in [-0.05, 0) is 60.0 Å². The van der Waals surface area contributed by atoms with Crippen LogP contribution in [0.5, 0.6) is 0 Å². The molecule has 1 amide bonds. The first-order valence-corrected chi connectivity index (χ1v) is 10.5. The third-order valence-corrected chi connectivity index (χ3v) is 6.35. The monoisotopic (exact) mass is 486 g/mol. The SMILES string of the molecule is C[C@@]1(c2nc3cc(Br)c(F)cc3[nH]2)CCCN1C(=O)c1cc(F)ccc1-n1nccn1. The molecule has 3 heterocycles. The van der Waals surface area contributed by atoms with Gasteiger partial charge in [-0.2, -0.15) is 15.0 Å². The van der Waals surface area contributed by atoms with E-state index in [9.17, 15) is 13.6 Å². The number of hydrogen-bond donors (Lipinski definition) is 1. The number of aromatic amines is 1. The number of amides is 1. The number of carbonyl (C=O) groups is 1. The van der Waals surface area contributed by atoms with E-state index in [0.717, 1.165) is 6.42 Å². The fourth-order valence-electron chi connectivity index (χ4n) is 4.13. The molecule has 1 aliphatic rings. The maximum absolute atomic E-state index is 14.1. The lowest BCUT2D eigenvalue weighted by molar-refractivity contribution is 0.0605. The highest BCUT2D eigenvalue weighted by Crippen LogP contribution is 2.39. The van der Waals surface area contributed by atoms with Gasteiger partial charge in [0.25, 0.3) is 5.91 Å². The van der Waals surface area contributed by atoms with Crippen LogP contribution in [0, 0.1) is 11.6 Å². The molecule has 0 spiro atoms. The molecule has 1 saturated heterocycles. The minimum absolute atomic E-state index is 0.161. The number of halogens is 3. The van der Waals surface area contributed by atoms with Gasteiger partial charge in [-0.1, -0.05) is 0 Å². The van der Waals surface area contributed by atoms with Gasteiger partial charge < -0.3 is 9.88 Å². The van der Waals surface area contributed by atoms with E-state index in [1.165, 1.54) is 41.5 Å². The van der Waals surface area contributed by atoms with E-state index < -0.39 is 17.2 Å². The summed E-state index contributed by atoms with van der Waals surface area (Å²) in [6, 6.07) is 6.92. The van der Waals surface area contributed by atoms with Crippen molar-refractivity contribution in [1.82, 2.24) is 29.9 Å². The highest BCUT2D eigenvalue weighted by Gasteiger charge is 2.44. The largest absolute Gasteiger partial charge is 0.340 e. The van der Waals surface area contributed by atoms with Crippen molar-refractivity contribution in [2.75, 3.05) is 6.54 Å². The lowest BCUT2D eigenvalue weighted by Crippen LogP contribution is -2.44. The zero-order valence-electron chi connectivity index (χ0n) is 16.4. The predicted octanol–water partition coefficient (Wildman–Crippen LogP) is 4.34. The van der Waals surface area contributed by atoms with Gasteiger partial charge in [0.1, 0.15) is 17.5 Å². The maximum atomic E-state index is 14.1. The molecule has 10 heteroatoms. The Bertz CT molecular complexity index is 1270. The van der Waals surface area contributed by atoms with Crippen molar-refractivity contribution in [2.24, 2.45) is 0 Å². The van der Waals surface area contributed by atoms with Gasteiger partial charge >= 0.3 is 0 Å². The van der Waals surface area contributed by atoms with Crippen molar-refractivity contribution < 1.29 is 13.6 Å². The minimum atomic E-state index is -0.764. The molecule has 1 fully saturated rings. The van der Waals surface area contributed by atoms with Crippen LogP contribution in [-0.4, -0.2) is 42.3 Å². The molecule has 1 aliphatic heterocycles. The summed E-state index contributed by atoms with van der Waals surface area (Å²) in [6.07, 6.45) is 4.39. The Labute approximate surface area is 184 Å². The summed E-state index contributed by atoms with van der Waals surface area (Å²) in [5.41, 5.74) is 0.926. The molecule has 0 radical (unpaired) electrons. The smallest absolute Gasteiger partial charge is 0.257 e. The van der Waals surface area contributed by atoms with E-state index in [2.05, 4.69) is 36.1 Å². The number of imidazole rings is 1. The van der Waals surface area contributed by atoms with E-state index >= 15 is 0 Å². The number of carbonyl (C=O) groups excluding carboxylic acids is 1. The van der Waals surface area contributed by atoms with Crippen molar-refractivity contribution in [2.45, 2.75) is 25.3 Å². The predicted molar refractivity (Wildman–Crippen MR) is 113 cm³/mol. The summed E-state index contributed by atoms with van der Waals surface area (Å²) in [7, 11) is 0. The fourth-order valence-corrected chi connectivity index (χ4v) is 4.47. The third-order valence-electron chi connectivity index (χ3n) is 5.74. The lowest BCUT2D eigenvalue weighted by Gasteiger charge is -2.34. The Kier molecular flexibility index (Phi) is 4.62. The number of benzene rings is 2. The molecular formula is C21H17BrF2N6O. The van der Waals surface area contributed by atoms with Crippen LogP contribution in [0.15, 0.2) is 47.2 Å². The molecule has 1 atom stereocenters. The van der Waals surface area contributed by atoms with Gasteiger partial charge in [-0.15, -0.1) is 0 Å². The summed E-state index contributed by atoms with van der Waals surface area (Å²) >= 11 is 3.18. The lowest BCUT2D eigenvalue weighted by atomic mass is 9.97. The van der Waals surface area contributed by atoms with Gasteiger partial charge in [0.05, 0.1) is 44.7 Å². The van der Waals surface area contributed by atoms with Gasteiger partial charge in [-0.3, -0.25) is 4.79 Å². The fraction of sp³-hybridized carbons (Fsp3) is 0.238. The second-order valence-electron chi connectivity index (χ2n) is 7.68. The van der Waals surface area contributed by atoms with Crippen LogP contribution in [0.2, 0.25) is 0 Å². The summed E-state index contributed by atoms with van der Waals surface area (Å²) in [4.78, 5) is 24.4. The molecule has 0 unspecified atom stereocenters. The molecule has 5 rings (SSSR count). The van der Waals surface area contributed by atoms with E-state index in [-0.39, 0.29) is 11.5 Å². The molecule has 158 valence electrons. The number of rotatable bonds is 3. The average Bonchev–Trinajstić information content (AvgIpc) is 3.48. The topological polar surface area (TPSA) is 79.7 Å². The van der Waals surface area contributed by atoms with Crippen molar-refractivity contribution in [1.29, 1.82) is 0 Å². The first-order valence-electron chi connectivity index (χ1n) is 9.70. The zero-order chi connectivity index (χ0) is 21.8. The number of fused-ring (bicyclic) bond motifs is 1. The van der Waals surface area contributed by atoms with Gasteiger partial charge in [-0.25, -0.2) is 13.8 Å². The maximum Gasteiger partial charge on any atom is 0.257 e. The molecular weight excluding hydrogens is 470 g/mol. The quantitative estimate of drug-likeness (QED) is 0.467. The van der Waals surface area contributed by atoms with E-state index in [4.69, 9.17) is 0 Å². The van der Waals surface area contributed by atoms with Crippen molar-refractivity contribution >= 4 is 32.9 Å². The second-order valence-corrected chi connectivity index (χ2v) is 8.54. The third kappa shape index (κ3) is 3.21. The van der Waals surface area contributed by atoms with Gasteiger partial charge in [0.2, 0.25) is 0 Å². The summed E-state index contributed by atoms with van der Waals surface area (Å²) in [5, 5.41) is 8.16. The Balaban J connectivity index is 1.58. The Morgan fingerprint density at radius 1 is 1.19 bits per heavy atom. The Hall–Kier alpha value is -3.14. The summed E-state index contributed by atoms with van der Waals surface area (Å²) in [5.74, 6) is -0.715. The summed E-state index contributed by atoms with van der Waals surface area (Å²) in [6.45, 7) is 2.39. The van der Waals surface area contributed by atoms with Crippen LogP contribution in [0.3, 0.4) is 0 Å². The number of aromatic nitrogens is 5. The molecule has 0 aliphatic carbocycles. The molecule has 31 heavy (non-hydrogen) atoms. The van der Waals surface area contributed by atoms with E-state index in [1.807, 2.05) is 6.92 Å². The van der Waals surface area contributed by atoms with Crippen molar-refractivity contribution in [3.63, 3.8) is 0 Å². The normalized spacial score (nSPS) is 18.8. The van der Waals surface area contributed by atoms with Crippen molar-refractivity contribution in [3.05, 3.63) is 70.2 Å². The number of hydrogen-bond acceptors (Lipinski definition) is 4. The average molecular weight is 487 g/mol. The van der Waals surface area contributed by atoms with Crippen LogP contribution >= 0.6 is 15.9 Å². The van der Waals surface area contributed by atoms with E-state index in [0.29, 0.717) is 40.0 Å². The molecule has 1 N–H and O–H groups in total.